The number of likely N-dealkylation sites (tertiary alicyclic amines) is 1. The van der Waals surface area contributed by atoms with Crippen molar-refractivity contribution in [2.75, 3.05) is 26.3 Å². The van der Waals surface area contributed by atoms with Crippen LogP contribution < -0.4 is 0 Å². The lowest BCUT2D eigenvalue weighted by atomic mass is 9.74. The maximum atomic E-state index is 13.3. The first kappa shape index (κ1) is 13.7. The van der Waals surface area contributed by atoms with Gasteiger partial charge in [-0.05, 0) is 13.3 Å². The first-order chi connectivity index (χ1) is 9.23. The molecule has 112 valence electrons. The zero-order valence-electron chi connectivity index (χ0n) is 11.2. The van der Waals surface area contributed by atoms with Crippen LogP contribution in [0.15, 0.2) is 0 Å². The number of carboxylic acid groups (broad SMARTS) is 1. The predicted octanol–water partition coefficient (Wildman–Crippen LogP) is 0.981. The molecule has 1 amide bonds. The van der Waals surface area contributed by atoms with E-state index in [0.717, 1.165) is 0 Å². The van der Waals surface area contributed by atoms with Gasteiger partial charge in [-0.2, -0.15) is 0 Å². The number of ether oxygens (including phenoxy) is 1. The molecule has 2 aliphatic heterocycles. The molecule has 2 heterocycles. The topological polar surface area (TPSA) is 66.8 Å². The zero-order valence-corrected chi connectivity index (χ0v) is 11.2. The van der Waals surface area contributed by atoms with Gasteiger partial charge in [0.25, 0.3) is 5.92 Å². The summed E-state index contributed by atoms with van der Waals surface area (Å²) in [6, 6.07) is 0. The molecular weight excluding hydrogens is 272 g/mol. The highest BCUT2D eigenvalue weighted by molar-refractivity contribution is 5.88. The van der Waals surface area contributed by atoms with Crippen LogP contribution in [0.3, 0.4) is 0 Å². The summed E-state index contributed by atoms with van der Waals surface area (Å²) in [5.41, 5.74) is -2.69. The third kappa shape index (κ3) is 1.62. The summed E-state index contributed by atoms with van der Waals surface area (Å²) in [4.78, 5) is 25.1. The Morgan fingerprint density at radius 3 is 2.55 bits per heavy atom. The largest absolute Gasteiger partial charge is 0.481 e. The Kier molecular flexibility index (Phi) is 2.68. The number of aliphatic carboxylic acids is 1. The molecule has 3 aliphatic rings. The molecule has 0 aromatic carbocycles. The van der Waals surface area contributed by atoms with Gasteiger partial charge < -0.3 is 14.7 Å². The van der Waals surface area contributed by atoms with Crippen LogP contribution in [0.1, 0.15) is 19.8 Å². The second-order valence-corrected chi connectivity index (χ2v) is 6.38. The molecule has 0 aromatic heterocycles. The van der Waals surface area contributed by atoms with Crippen molar-refractivity contribution in [3.8, 4) is 0 Å². The van der Waals surface area contributed by atoms with Crippen molar-refractivity contribution < 1.29 is 28.2 Å². The van der Waals surface area contributed by atoms with Crippen LogP contribution in [0.2, 0.25) is 0 Å². The number of halogens is 2. The van der Waals surface area contributed by atoms with Gasteiger partial charge in [0.05, 0.1) is 12.0 Å². The number of hydrogen-bond acceptors (Lipinski definition) is 3. The molecule has 1 unspecified atom stereocenters. The number of carboxylic acids is 1. The molecule has 5 nitrogen and oxygen atoms in total. The number of fused-ring (bicyclic) bond motifs is 1. The van der Waals surface area contributed by atoms with Crippen LogP contribution in [0.5, 0.6) is 0 Å². The summed E-state index contributed by atoms with van der Waals surface area (Å²) in [7, 11) is 0. The van der Waals surface area contributed by atoms with E-state index in [1.165, 1.54) is 11.8 Å². The number of hydrogen-bond donors (Lipinski definition) is 1. The average Bonchev–Trinajstić information content (AvgIpc) is 2.75. The minimum absolute atomic E-state index is 0.0147. The third-order valence-corrected chi connectivity index (χ3v) is 5.15. The molecule has 20 heavy (non-hydrogen) atoms. The number of carbonyl (C=O) groups is 2. The quantitative estimate of drug-likeness (QED) is 0.823. The van der Waals surface area contributed by atoms with E-state index in [1.807, 2.05) is 0 Å². The number of carbonyl (C=O) groups excluding carboxylic acids is 1. The van der Waals surface area contributed by atoms with E-state index in [-0.39, 0.29) is 25.6 Å². The van der Waals surface area contributed by atoms with Gasteiger partial charge in [-0.3, -0.25) is 9.59 Å². The second-order valence-electron chi connectivity index (χ2n) is 6.38. The lowest BCUT2D eigenvalue weighted by molar-refractivity contribution is -0.157. The zero-order chi connectivity index (χ0) is 14.8. The van der Waals surface area contributed by atoms with Crippen LogP contribution in [-0.4, -0.2) is 54.1 Å². The highest BCUT2D eigenvalue weighted by atomic mass is 19.3. The molecule has 0 spiro atoms. The minimum Gasteiger partial charge on any atom is -0.481 e. The Morgan fingerprint density at radius 2 is 2.05 bits per heavy atom. The fourth-order valence-electron chi connectivity index (χ4n) is 3.44. The number of rotatable bonds is 2. The first-order valence-electron chi connectivity index (χ1n) is 6.71. The normalized spacial score (nSPS) is 42.1. The molecular formula is C13H17F2NO4. The van der Waals surface area contributed by atoms with Gasteiger partial charge in [0.2, 0.25) is 5.91 Å². The minimum atomic E-state index is -2.97. The lowest BCUT2D eigenvalue weighted by Crippen LogP contribution is -2.45. The molecule has 2 saturated heterocycles. The van der Waals surface area contributed by atoms with Crippen molar-refractivity contribution in [2.24, 2.45) is 16.7 Å². The van der Waals surface area contributed by atoms with Crippen molar-refractivity contribution >= 4 is 11.9 Å². The Labute approximate surface area is 114 Å². The summed E-state index contributed by atoms with van der Waals surface area (Å²) in [5.74, 6) is -4.87. The molecule has 1 aliphatic carbocycles. The molecule has 3 atom stereocenters. The summed E-state index contributed by atoms with van der Waals surface area (Å²) >= 11 is 0. The molecule has 3 fully saturated rings. The van der Waals surface area contributed by atoms with Crippen LogP contribution in [0.25, 0.3) is 0 Å². The fraction of sp³-hybridized carbons (Fsp3) is 0.846. The highest BCUT2D eigenvalue weighted by Crippen LogP contribution is 2.61. The molecule has 3 rings (SSSR count). The maximum Gasteiger partial charge on any atom is 0.311 e. The van der Waals surface area contributed by atoms with E-state index in [2.05, 4.69) is 0 Å². The van der Waals surface area contributed by atoms with Crippen LogP contribution in [-0.2, 0) is 14.3 Å². The smallest absolute Gasteiger partial charge is 0.311 e. The van der Waals surface area contributed by atoms with Crippen molar-refractivity contribution in [1.29, 1.82) is 0 Å². The first-order valence-corrected chi connectivity index (χ1v) is 6.71. The van der Waals surface area contributed by atoms with E-state index in [0.29, 0.717) is 13.0 Å². The summed E-state index contributed by atoms with van der Waals surface area (Å²) in [5, 5.41) is 9.48. The van der Waals surface area contributed by atoms with Gasteiger partial charge in [0.1, 0.15) is 5.41 Å². The van der Waals surface area contributed by atoms with Crippen LogP contribution >= 0.6 is 0 Å². The summed E-state index contributed by atoms with van der Waals surface area (Å²) < 4.78 is 31.9. The van der Waals surface area contributed by atoms with E-state index >= 15 is 0 Å². The van der Waals surface area contributed by atoms with Gasteiger partial charge in [-0.1, -0.05) is 0 Å². The van der Waals surface area contributed by atoms with Crippen molar-refractivity contribution in [1.82, 2.24) is 4.90 Å². The summed E-state index contributed by atoms with van der Waals surface area (Å²) in [6.45, 7) is 2.06. The van der Waals surface area contributed by atoms with Gasteiger partial charge in [-0.15, -0.1) is 0 Å². The van der Waals surface area contributed by atoms with E-state index in [9.17, 15) is 23.5 Å². The third-order valence-electron chi connectivity index (χ3n) is 5.15. The van der Waals surface area contributed by atoms with E-state index in [4.69, 9.17) is 4.74 Å². The number of nitrogens with zero attached hydrogens (tertiary/aromatic N) is 1. The molecule has 7 heteroatoms. The lowest BCUT2D eigenvalue weighted by Gasteiger charge is -2.33. The van der Waals surface area contributed by atoms with E-state index in [1.54, 1.807) is 0 Å². The fourth-order valence-corrected chi connectivity index (χ4v) is 3.44. The Balaban J connectivity index is 1.82. The monoisotopic (exact) mass is 289 g/mol. The van der Waals surface area contributed by atoms with Gasteiger partial charge >= 0.3 is 5.97 Å². The van der Waals surface area contributed by atoms with Crippen molar-refractivity contribution in [3.05, 3.63) is 0 Å². The molecule has 0 radical (unpaired) electrons. The Morgan fingerprint density at radius 1 is 1.40 bits per heavy atom. The molecule has 1 saturated carbocycles. The van der Waals surface area contributed by atoms with Gasteiger partial charge in [0.15, 0.2) is 0 Å². The van der Waals surface area contributed by atoms with Crippen LogP contribution in [0, 0.1) is 16.7 Å². The van der Waals surface area contributed by atoms with Crippen molar-refractivity contribution in [3.63, 3.8) is 0 Å². The van der Waals surface area contributed by atoms with E-state index < -0.39 is 35.0 Å². The second kappa shape index (κ2) is 3.90. The SMILES string of the molecule is CC1(C(=O)N2C[C@H]3COCC[C@@]3(C(=O)O)C2)CC1(F)F. The van der Waals surface area contributed by atoms with Crippen molar-refractivity contribution in [2.45, 2.75) is 25.7 Å². The average molecular weight is 289 g/mol. The molecule has 0 aromatic rings. The Hall–Kier alpha value is -1.24. The standard InChI is InChI=1S/C13H17F2NO4/c1-11(6-13(11,14)15)9(17)16-4-8-5-20-3-2-12(8,7-16)10(18)19/h8H,2-7H2,1H3,(H,18,19)/t8-,11?,12+/m0/s1. The van der Waals surface area contributed by atoms with Gasteiger partial charge in [-0.25, -0.2) is 8.78 Å². The predicted molar refractivity (Wildman–Crippen MR) is 63.2 cm³/mol. The summed E-state index contributed by atoms with van der Waals surface area (Å²) in [6.07, 6.45) is -0.125. The molecule has 1 N–H and O–H groups in total. The highest BCUT2D eigenvalue weighted by Gasteiger charge is 2.74. The molecule has 0 bridgehead atoms. The Bertz CT molecular complexity index is 483. The number of alkyl halides is 2. The van der Waals surface area contributed by atoms with Crippen LogP contribution in [0.4, 0.5) is 8.78 Å². The number of amides is 1. The maximum absolute atomic E-state index is 13.3. The van der Waals surface area contributed by atoms with Gasteiger partial charge in [0, 0.05) is 32.0 Å².